The first kappa shape index (κ1) is 14.2. The number of carbonyl (C=O) groups excluding carboxylic acids is 1. The van der Waals surface area contributed by atoms with Crippen LogP contribution in [0.5, 0.6) is 0 Å². The molecule has 4 nitrogen and oxygen atoms in total. The summed E-state index contributed by atoms with van der Waals surface area (Å²) in [6.07, 6.45) is 0. The van der Waals surface area contributed by atoms with Gasteiger partial charge in [0.2, 0.25) is 0 Å². The highest BCUT2D eigenvalue weighted by Gasteiger charge is 2.12. The van der Waals surface area contributed by atoms with Gasteiger partial charge in [-0.1, -0.05) is 0 Å². The summed E-state index contributed by atoms with van der Waals surface area (Å²) in [6.45, 7) is 0. The third-order valence-corrected chi connectivity index (χ3v) is 4.54. The van der Waals surface area contributed by atoms with Crippen LogP contribution in [0, 0.1) is 0 Å². The lowest BCUT2D eigenvalue weighted by molar-refractivity contribution is 0.0696. The second-order valence-electron chi connectivity index (χ2n) is 3.56. The van der Waals surface area contributed by atoms with E-state index in [0.29, 0.717) is 15.0 Å². The summed E-state index contributed by atoms with van der Waals surface area (Å²) in [4.78, 5) is 23.3. The predicted molar refractivity (Wildman–Crippen MR) is 81.1 cm³/mol. The van der Waals surface area contributed by atoms with Gasteiger partial charge in [-0.15, -0.1) is 11.3 Å². The number of benzene rings is 1. The molecule has 0 spiro atoms. The molecule has 0 bridgehead atoms. The molecule has 98 valence electrons. The molecule has 0 fully saturated rings. The molecule has 1 aromatic heterocycles. The Bertz CT molecular complexity index is 654. The molecule has 0 aliphatic carbocycles. The molecule has 1 heterocycles. The molecule has 0 unspecified atom stereocenters. The van der Waals surface area contributed by atoms with Gasteiger partial charge in [-0.3, -0.25) is 4.79 Å². The lowest BCUT2D eigenvalue weighted by atomic mass is 10.2. The Hall–Kier alpha value is -1.18. The first-order chi connectivity index (χ1) is 8.97. The van der Waals surface area contributed by atoms with Crippen LogP contribution in [0.4, 0.5) is 5.69 Å². The minimum atomic E-state index is -1.01. The molecule has 0 radical (unpaired) electrons. The van der Waals surface area contributed by atoms with E-state index in [1.807, 2.05) is 0 Å². The van der Waals surface area contributed by atoms with E-state index in [4.69, 9.17) is 5.11 Å². The maximum absolute atomic E-state index is 11.9. The second kappa shape index (κ2) is 5.85. The minimum absolute atomic E-state index is 0.156. The number of hydrogen-bond acceptors (Lipinski definition) is 3. The Balaban J connectivity index is 2.20. The van der Waals surface area contributed by atoms with Crippen molar-refractivity contribution in [3.8, 4) is 0 Å². The average molecular weight is 405 g/mol. The van der Waals surface area contributed by atoms with Gasteiger partial charge in [0, 0.05) is 4.47 Å². The van der Waals surface area contributed by atoms with Crippen LogP contribution >= 0.6 is 43.2 Å². The highest BCUT2D eigenvalue weighted by atomic mass is 79.9. The molecular formula is C12H7Br2NO3S. The highest BCUT2D eigenvalue weighted by Crippen LogP contribution is 2.26. The van der Waals surface area contributed by atoms with Gasteiger partial charge < -0.3 is 10.4 Å². The minimum Gasteiger partial charge on any atom is -0.478 e. The summed E-state index contributed by atoms with van der Waals surface area (Å²) in [6, 6.07) is 7.94. The van der Waals surface area contributed by atoms with Crippen molar-refractivity contribution < 1.29 is 14.7 Å². The van der Waals surface area contributed by atoms with E-state index in [1.165, 1.54) is 23.5 Å². The molecule has 0 atom stereocenters. The molecule has 0 aliphatic heterocycles. The third kappa shape index (κ3) is 3.43. The SMILES string of the molecule is O=C(O)c1ccc(NC(=O)c2ccc(Br)s2)c(Br)c1. The van der Waals surface area contributed by atoms with Crippen molar-refractivity contribution in [3.63, 3.8) is 0 Å². The molecule has 0 saturated carbocycles. The monoisotopic (exact) mass is 403 g/mol. The van der Waals surface area contributed by atoms with E-state index in [1.54, 1.807) is 18.2 Å². The molecule has 1 amide bonds. The van der Waals surface area contributed by atoms with Crippen LogP contribution in [0.1, 0.15) is 20.0 Å². The number of halogens is 2. The molecule has 2 aromatic rings. The molecule has 19 heavy (non-hydrogen) atoms. The van der Waals surface area contributed by atoms with E-state index < -0.39 is 5.97 Å². The molecule has 1 aromatic carbocycles. The molecule has 0 aliphatic rings. The first-order valence-corrected chi connectivity index (χ1v) is 7.47. The molecule has 2 N–H and O–H groups in total. The van der Waals surface area contributed by atoms with Crippen LogP contribution in [0.2, 0.25) is 0 Å². The van der Waals surface area contributed by atoms with Crippen LogP contribution in [0.25, 0.3) is 0 Å². The van der Waals surface area contributed by atoms with Gasteiger partial charge in [0.05, 0.1) is 19.9 Å². The van der Waals surface area contributed by atoms with Gasteiger partial charge in [0.15, 0.2) is 0 Å². The zero-order chi connectivity index (χ0) is 14.0. The van der Waals surface area contributed by atoms with Gasteiger partial charge >= 0.3 is 5.97 Å². The Morgan fingerprint density at radius 2 is 1.89 bits per heavy atom. The van der Waals surface area contributed by atoms with E-state index in [9.17, 15) is 9.59 Å². The molecular weight excluding hydrogens is 398 g/mol. The van der Waals surface area contributed by atoms with Crippen LogP contribution < -0.4 is 5.32 Å². The number of aromatic carboxylic acids is 1. The summed E-state index contributed by atoms with van der Waals surface area (Å²) < 4.78 is 1.40. The topological polar surface area (TPSA) is 66.4 Å². The van der Waals surface area contributed by atoms with Gasteiger partial charge in [-0.2, -0.15) is 0 Å². The number of carboxylic acids is 1. The van der Waals surface area contributed by atoms with E-state index in [2.05, 4.69) is 37.2 Å². The number of amides is 1. The number of rotatable bonds is 3. The van der Waals surface area contributed by atoms with Crippen molar-refractivity contribution >= 4 is 60.8 Å². The maximum Gasteiger partial charge on any atom is 0.335 e. The van der Waals surface area contributed by atoms with Crippen molar-refractivity contribution in [2.24, 2.45) is 0 Å². The lowest BCUT2D eigenvalue weighted by Crippen LogP contribution is -2.11. The van der Waals surface area contributed by atoms with Gasteiger partial charge in [0.25, 0.3) is 5.91 Å². The molecule has 0 saturated heterocycles. The number of hydrogen-bond donors (Lipinski definition) is 2. The summed E-state index contributed by atoms with van der Waals surface area (Å²) in [7, 11) is 0. The van der Waals surface area contributed by atoms with Crippen molar-refractivity contribution in [2.75, 3.05) is 5.32 Å². The Morgan fingerprint density at radius 3 is 2.42 bits per heavy atom. The number of nitrogens with one attached hydrogen (secondary N) is 1. The Morgan fingerprint density at radius 1 is 1.16 bits per heavy atom. The quantitative estimate of drug-likeness (QED) is 0.804. The Labute approximate surface area is 129 Å². The first-order valence-electron chi connectivity index (χ1n) is 5.07. The van der Waals surface area contributed by atoms with E-state index in [-0.39, 0.29) is 11.5 Å². The van der Waals surface area contributed by atoms with Gasteiger partial charge in [0.1, 0.15) is 0 Å². The Kier molecular flexibility index (Phi) is 4.38. The van der Waals surface area contributed by atoms with Crippen LogP contribution in [0.3, 0.4) is 0 Å². The highest BCUT2D eigenvalue weighted by molar-refractivity contribution is 9.11. The fraction of sp³-hybridized carbons (Fsp3) is 0. The number of carboxylic acid groups (broad SMARTS) is 1. The van der Waals surface area contributed by atoms with Crippen LogP contribution in [-0.4, -0.2) is 17.0 Å². The van der Waals surface area contributed by atoms with Crippen LogP contribution in [0.15, 0.2) is 38.6 Å². The van der Waals surface area contributed by atoms with E-state index >= 15 is 0 Å². The average Bonchev–Trinajstić information content (AvgIpc) is 2.78. The summed E-state index contributed by atoms with van der Waals surface area (Å²) in [5.41, 5.74) is 0.684. The van der Waals surface area contributed by atoms with Crippen molar-refractivity contribution in [1.29, 1.82) is 0 Å². The standard InChI is InChI=1S/C12H7Br2NO3S/c13-7-5-6(12(17)18)1-2-8(7)15-11(16)9-3-4-10(14)19-9/h1-5H,(H,15,16)(H,17,18). The fourth-order valence-electron chi connectivity index (χ4n) is 1.37. The molecule has 7 heteroatoms. The van der Waals surface area contributed by atoms with Crippen LogP contribution in [-0.2, 0) is 0 Å². The smallest absolute Gasteiger partial charge is 0.335 e. The summed E-state index contributed by atoms with van der Waals surface area (Å²) in [5.74, 6) is -1.25. The molecule has 2 rings (SSSR count). The van der Waals surface area contributed by atoms with Crippen molar-refractivity contribution in [2.45, 2.75) is 0 Å². The maximum atomic E-state index is 11.9. The van der Waals surface area contributed by atoms with Gasteiger partial charge in [-0.05, 0) is 62.2 Å². The fourth-order valence-corrected chi connectivity index (χ4v) is 3.13. The summed E-state index contributed by atoms with van der Waals surface area (Å²) in [5, 5.41) is 11.6. The second-order valence-corrected chi connectivity index (χ2v) is 6.88. The lowest BCUT2D eigenvalue weighted by Gasteiger charge is -2.06. The van der Waals surface area contributed by atoms with Gasteiger partial charge in [-0.25, -0.2) is 4.79 Å². The number of thiophene rings is 1. The van der Waals surface area contributed by atoms with Crippen molar-refractivity contribution in [3.05, 3.63) is 49.0 Å². The third-order valence-electron chi connectivity index (χ3n) is 2.26. The zero-order valence-corrected chi connectivity index (χ0v) is 13.3. The zero-order valence-electron chi connectivity index (χ0n) is 9.31. The number of carbonyl (C=O) groups is 2. The number of anilines is 1. The van der Waals surface area contributed by atoms with Crippen molar-refractivity contribution in [1.82, 2.24) is 0 Å². The normalized spacial score (nSPS) is 10.2. The van der Waals surface area contributed by atoms with E-state index in [0.717, 1.165) is 3.79 Å². The largest absolute Gasteiger partial charge is 0.478 e. The summed E-state index contributed by atoms with van der Waals surface area (Å²) >= 11 is 7.85. The predicted octanol–water partition coefficient (Wildman–Crippen LogP) is 4.22.